The summed E-state index contributed by atoms with van der Waals surface area (Å²) in [6, 6.07) is 8.47. The van der Waals surface area contributed by atoms with Crippen LogP contribution in [0.3, 0.4) is 0 Å². The van der Waals surface area contributed by atoms with Crippen molar-refractivity contribution in [1.82, 2.24) is 4.90 Å². The summed E-state index contributed by atoms with van der Waals surface area (Å²) in [7, 11) is 2.17. The zero-order valence-electron chi connectivity index (χ0n) is 10.4. The predicted octanol–water partition coefficient (Wildman–Crippen LogP) is 2.89. The number of piperidine rings is 1. The summed E-state index contributed by atoms with van der Waals surface area (Å²) in [5.41, 5.74) is 1.42. The third kappa shape index (κ3) is 1.94. The number of fused-ring (bicyclic) bond motifs is 3. The summed E-state index contributed by atoms with van der Waals surface area (Å²) in [5.74, 6) is 1.75. The Balaban J connectivity index is 0.000000457. The van der Waals surface area contributed by atoms with E-state index in [2.05, 4.69) is 36.2 Å². The Morgan fingerprint density at radius 3 is 2.81 bits per heavy atom. The minimum atomic E-state index is 0.395. The van der Waals surface area contributed by atoms with Gasteiger partial charge in [-0.1, -0.05) is 32.0 Å². The van der Waals surface area contributed by atoms with Gasteiger partial charge in [0.1, 0.15) is 11.9 Å². The number of benzene rings is 1. The first-order valence-electron chi connectivity index (χ1n) is 6.29. The lowest BCUT2D eigenvalue weighted by Crippen LogP contribution is -2.40. The van der Waals surface area contributed by atoms with E-state index in [1.165, 1.54) is 18.5 Å². The van der Waals surface area contributed by atoms with Gasteiger partial charge in [-0.05, 0) is 26.1 Å². The Hall–Kier alpha value is -1.02. The Bertz CT molecular complexity index is 350. The lowest BCUT2D eigenvalue weighted by atomic mass is 9.89. The van der Waals surface area contributed by atoms with Crippen LogP contribution >= 0.6 is 0 Å². The molecule has 0 amide bonds. The maximum atomic E-state index is 5.94. The topological polar surface area (TPSA) is 12.5 Å². The number of para-hydroxylation sites is 1. The molecular formula is C14H21NO. The van der Waals surface area contributed by atoms with Crippen molar-refractivity contribution in [3.63, 3.8) is 0 Å². The molecule has 2 heteroatoms. The standard InChI is InChI=1S/C12H15NO.C2H6/c1-13-7-6-10-9-4-2-3-5-11(9)14-12(10)8-13;1-2/h2-5,10,12H,6-8H2,1H3;1-2H3/t10-,12-;/m1./s1. The van der Waals surface area contributed by atoms with Crippen LogP contribution in [0.25, 0.3) is 0 Å². The average Bonchev–Trinajstić information content (AvgIpc) is 2.68. The number of hydrogen-bond donors (Lipinski definition) is 0. The zero-order valence-corrected chi connectivity index (χ0v) is 10.4. The highest BCUT2D eigenvalue weighted by Gasteiger charge is 2.37. The van der Waals surface area contributed by atoms with Crippen molar-refractivity contribution in [3.8, 4) is 5.75 Å². The highest BCUT2D eigenvalue weighted by atomic mass is 16.5. The highest BCUT2D eigenvalue weighted by Crippen LogP contribution is 2.41. The SMILES string of the molecule is CC.CN1CC[C@@H]2c3ccccc3O[C@@H]2C1. The van der Waals surface area contributed by atoms with Gasteiger partial charge in [0.2, 0.25) is 0 Å². The zero-order chi connectivity index (χ0) is 11.5. The monoisotopic (exact) mass is 219 g/mol. The van der Waals surface area contributed by atoms with Crippen LogP contribution in [0, 0.1) is 0 Å². The summed E-state index contributed by atoms with van der Waals surface area (Å²) in [6.07, 6.45) is 1.63. The van der Waals surface area contributed by atoms with Gasteiger partial charge in [0.05, 0.1) is 0 Å². The second-order valence-electron chi connectivity index (χ2n) is 4.35. The molecule has 0 saturated carbocycles. The average molecular weight is 219 g/mol. The van der Waals surface area contributed by atoms with E-state index < -0.39 is 0 Å². The maximum Gasteiger partial charge on any atom is 0.123 e. The van der Waals surface area contributed by atoms with E-state index in [-0.39, 0.29) is 0 Å². The fraction of sp³-hybridized carbons (Fsp3) is 0.571. The quantitative estimate of drug-likeness (QED) is 0.665. The van der Waals surface area contributed by atoms with Gasteiger partial charge in [-0.15, -0.1) is 0 Å². The Morgan fingerprint density at radius 1 is 1.25 bits per heavy atom. The molecule has 2 heterocycles. The molecule has 0 aromatic heterocycles. The van der Waals surface area contributed by atoms with Crippen LogP contribution in [0.1, 0.15) is 31.7 Å². The van der Waals surface area contributed by atoms with Crippen LogP contribution in [0.2, 0.25) is 0 Å². The molecule has 1 aromatic carbocycles. The van der Waals surface area contributed by atoms with Crippen molar-refractivity contribution in [2.24, 2.45) is 0 Å². The van der Waals surface area contributed by atoms with Crippen LogP contribution < -0.4 is 4.74 Å². The largest absolute Gasteiger partial charge is 0.488 e. The molecule has 1 aromatic rings. The molecule has 2 aliphatic rings. The second-order valence-corrected chi connectivity index (χ2v) is 4.35. The van der Waals surface area contributed by atoms with E-state index in [0.717, 1.165) is 12.3 Å². The number of nitrogens with zero attached hydrogens (tertiary/aromatic N) is 1. The van der Waals surface area contributed by atoms with Gasteiger partial charge >= 0.3 is 0 Å². The van der Waals surface area contributed by atoms with Crippen LogP contribution in [0.15, 0.2) is 24.3 Å². The fourth-order valence-corrected chi connectivity index (χ4v) is 2.60. The molecule has 2 atom stereocenters. The smallest absolute Gasteiger partial charge is 0.123 e. The van der Waals surface area contributed by atoms with Gasteiger partial charge in [0.15, 0.2) is 0 Å². The van der Waals surface area contributed by atoms with Gasteiger partial charge in [0.25, 0.3) is 0 Å². The maximum absolute atomic E-state index is 5.94. The number of rotatable bonds is 0. The van der Waals surface area contributed by atoms with Crippen LogP contribution in [-0.4, -0.2) is 31.1 Å². The third-order valence-corrected chi connectivity index (χ3v) is 3.36. The molecule has 88 valence electrons. The first-order valence-corrected chi connectivity index (χ1v) is 6.29. The van der Waals surface area contributed by atoms with Gasteiger partial charge in [-0.3, -0.25) is 0 Å². The minimum Gasteiger partial charge on any atom is -0.488 e. The molecule has 2 aliphatic heterocycles. The number of likely N-dealkylation sites (tertiary alicyclic amines) is 1. The molecule has 0 spiro atoms. The van der Waals surface area contributed by atoms with Crippen LogP contribution in [0.5, 0.6) is 5.75 Å². The Labute approximate surface area is 98.2 Å². The van der Waals surface area contributed by atoms with Gasteiger partial charge in [-0.2, -0.15) is 0 Å². The van der Waals surface area contributed by atoms with E-state index >= 15 is 0 Å². The minimum absolute atomic E-state index is 0.395. The Morgan fingerprint density at radius 2 is 2.00 bits per heavy atom. The van der Waals surface area contributed by atoms with Gasteiger partial charge in [0, 0.05) is 18.0 Å². The van der Waals surface area contributed by atoms with Crippen LogP contribution in [-0.2, 0) is 0 Å². The second kappa shape index (κ2) is 4.88. The van der Waals surface area contributed by atoms with Crippen LogP contribution in [0.4, 0.5) is 0 Å². The predicted molar refractivity (Wildman–Crippen MR) is 67.1 cm³/mol. The van der Waals surface area contributed by atoms with E-state index in [4.69, 9.17) is 4.74 Å². The number of hydrogen-bond acceptors (Lipinski definition) is 2. The van der Waals surface area contributed by atoms with Gasteiger partial charge < -0.3 is 9.64 Å². The molecule has 2 nitrogen and oxygen atoms in total. The normalized spacial score (nSPS) is 27.2. The van der Waals surface area contributed by atoms with Crippen molar-refractivity contribution in [2.45, 2.75) is 32.3 Å². The lowest BCUT2D eigenvalue weighted by Gasteiger charge is -2.31. The Kier molecular flexibility index (Phi) is 3.49. The summed E-state index contributed by atoms with van der Waals surface area (Å²) in [6.45, 7) is 6.26. The van der Waals surface area contributed by atoms with E-state index in [1.807, 2.05) is 13.8 Å². The molecule has 0 N–H and O–H groups in total. The van der Waals surface area contributed by atoms with Crippen molar-refractivity contribution >= 4 is 0 Å². The molecular weight excluding hydrogens is 198 g/mol. The van der Waals surface area contributed by atoms with E-state index in [9.17, 15) is 0 Å². The van der Waals surface area contributed by atoms with Crippen molar-refractivity contribution < 1.29 is 4.74 Å². The summed E-state index contributed by atoms with van der Waals surface area (Å²) >= 11 is 0. The summed E-state index contributed by atoms with van der Waals surface area (Å²) in [5, 5.41) is 0. The molecule has 16 heavy (non-hydrogen) atoms. The first kappa shape index (κ1) is 11.5. The summed E-state index contributed by atoms with van der Waals surface area (Å²) in [4.78, 5) is 2.35. The highest BCUT2D eigenvalue weighted by molar-refractivity contribution is 5.41. The molecule has 1 saturated heterocycles. The molecule has 0 radical (unpaired) electrons. The molecule has 0 bridgehead atoms. The molecule has 0 aliphatic carbocycles. The molecule has 3 rings (SSSR count). The fourth-order valence-electron chi connectivity index (χ4n) is 2.60. The van der Waals surface area contributed by atoms with E-state index in [1.54, 1.807) is 0 Å². The van der Waals surface area contributed by atoms with Gasteiger partial charge in [-0.25, -0.2) is 0 Å². The van der Waals surface area contributed by atoms with Crippen molar-refractivity contribution in [2.75, 3.05) is 20.1 Å². The molecule has 0 unspecified atom stereocenters. The molecule has 1 fully saturated rings. The lowest BCUT2D eigenvalue weighted by molar-refractivity contribution is 0.109. The third-order valence-electron chi connectivity index (χ3n) is 3.36. The van der Waals surface area contributed by atoms with Crippen molar-refractivity contribution in [3.05, 3.63) is 29.8 Å². The summed E-state index contributed by atoms with van der Waals surface area (Å²) < 4.78 is 5.94. The van der Waals surface area contributed by atoms with E-state index in [0.29, 0.717) is 12.0 Å². The van der Waals surface area contributed by atoms with Crippen molar-refractivity contribution in [1.29, 1.82) is 0 Å². The number of ether oxygens (including phenoxy) is 1. The first-order chi connectivity index (χ1) is 7.84. The number of likely N-dealkylation sites (N-methyl/N-ethyl adjacent to an activating group) is 1.